The number of nitrogens with zero attached hydrogens (tertiary/aromatic N) is 3. The quantitative estimate of drug-likeness (QED) is 0.263. The largest absolute Gasteiger partial charge is 0.382 e. The number of aromatic nitrogens is 5. The summed E-state index contributed by atoms with van der Waals surface area (Å²) in [5.41, 5.74) is 8.36. The monoisotopic (exact) mass is 462 g/mol. The van der Waals surface area contributed by atoms with Crippen LogP contribution in [0.5, 0.6) is 0 Å². The highest BCUT2D eigenvalue weighted by atomic mass is 19.1. The van der Waals surface area contributed by atoms with Gasteiger partial charge in [-0.2, -0.15) is 5.10 Å². The average molecular weight is 463 g/mol. The number of halogens is 1. The van der Waals surface area contributed by atoms with Gasteiger partial charge in [0.25, 0.3) is 0 Å². The van der Waals surface area contributed by atoms with Gasteiger partial charge in [0.05, 0.1) is 16.9 Å². The van der Waals surface area contributed by atoms with Crippen LogP contribution in [0, 0.1) is 5.82 Å². The summed E-state index contributed by atoms with van der Waals surface area (Å²) < 4.78 is 13.4. The summed E-state index contributed by atoms with van der Waals surface area (Å²) in [7, 11) is 0. The molecule has 35 heavy (non-hydrogen) atoms. The maximum absolute atomic E-state index is 13.4. The fourth-order valence-corrected chi connectivity index (χ4v) is 4.44. The van der Waals surface area contributed by atoms with Crippen molar-refractivity contribution in [1.29, 1.82) is 0 Å². The minimum Gasteiger partial charge on any atom is -0.382 e. The van der Waals surface area contributed by atoms with Crippen LogP contribution in [0.25, 0.3) is 55.6 Å². The molecule has 4 aromatic heterocycles. The van der Waals surface area contributed by atoms with E-state index in [1.54, 1.807) is 18.3 Å². The predicted molar refractivity (Wildman–Crippen MR) is 139 cm³/mol. The van der Waals surface area contributed by atoms with E-state index in [0.29, 0.717) is 6.04 Å². The van der Waals surface area contributed by atoms with Gasteiger partial charge >= 0.3 is 0 Å². The van der Waals surface area contributed by atoms with Crippen LogP contribution in [0.2, 0.25) is 0 Å². The van der Waals surface area contributed by atoms with Gasteiger partial charge in [-0.3, -0.25) is 10.1 Å². The number of pyridine rings is 2. The summed E-state index contributed by atoms with van der Waals surface area (Å²) in [6, 6.07) is 19.2. The molecule has 0 bridgehead atoms. The third-order valence-electron chi connectivity index (χ3n) is 6.03. The Kier molecular flexibility index (Phi) is 5.03. The van der Waals surface area contributed by atoms with E-state index in [4.69, 9.17) is 0 Å². The van der Waals surface area contributed by atoms with Crippen LogP contribution in [0.15, 0.2) is 79.3 Å². The lowest BCUT2D eigenvalue weighted by Gasteiger charge is -2.11. The second-order valence-electron chi connectivity index (χ2n) is 8.90. The van der Waals surface area contributed by atoms with Crippen LogP contribution in [-0.4, -0.2) is 31.2 Å². The molecule has 2 aromatic carbocycles. The smallest absolute Gasteiger partial charge is 0.138 e. The van der Waals surface area contributed by atoms with Gasteiger partial charge in [0.15, 0.2) is 0 Å². The molecule has 7 heteroatoms. The summed E-state index contributed by atoms with van der Waals surface area (Å²) >= 11 is 0. The molecule has 0 aliphatic carbocycles. The van der Waals surface area contributed by atoms with E-state index in [-0.39, 0.29) is 5.82 Å². The van der Waals surface area contributed by atoms with E-state index in [1.165, 1.54) is 12.1 Å². The van der Waals surface area contributed by atoms with Crippen molar-refractivity contribution in [1.82, 2.24) is 25.1 Å². The SMILES string of the molecule is CC(C)Nc1cncc(-c2ccc3[nH]nc(-c4cc5c(-c6ccc(F)cc6)ccnc5[nH]4)c3c2)c1. The first kappa shape index (κ1) is 21.0. The summed E-state index contributed by atoms with van der Waals surface area (Å²) in [5, 5.41) is 13.1. The van der Waals surface area contributed by atoms with Gasteiger partial charge in [0.2, 0.25) is 0 Å². The molecule has 0 radical (unpaired) electrons. The first-order valence-electron chi connectivity index (χ1n) is 11.5. The maximum atomic E-state index is 13.4. The maximum Gasteiger partial charge on any atom is 0.138 e. The number of hydrogen-bond acceptors (Lipinski definition) is 4. The lowest BCUT2D eigenvalue weighted by Crippen LogP contribution is -2.09. The van der Waals surface area contributed by atoms with Gasteiger partial charge in [-0.15, -0.1) is 0 Å². The molecule has 0 fully saturated rings. The molecular formula is C28H23FN6. The van der Waals surface area contributed by atoms with Crippen LogP contribution >= 0.6 is 0 Å². The number of fused-ring (bicyclic) bond motifs is 2. The van der Waals surface area contributed by atoms with E-state index in [2.05, 4.69) is 68.6 Å². The number of benzene rings is 2. The van der Waals surface area contributed by atoms with Crippen molar-refractivity contribution in [2.75, 3.05) is 5.32 Å². The van der Waals surface area contributed by atoms with Gasteiger partial charge in [0, 0.05) is 41.0 Å². The van der Waals surface area contributed by atoms with Gasteiger partial charge in [0.1, 0.15) is 17.2 Å². The van der Waals surface area contributed by atoms with Crippen molar-refractivity contribution in [3.05, 3.63) is 85.1 Å². The molecule has 6 aromatic rings. The lowest BCUT2D eigenvalue weighted by molar-refractivity contribution is 0.628. The van der Waals surface area contributed by atoms with E-state index >= 15 is 0 Å². The van der Waals surface area contributed by atoms with Gasteiger partial charge < -0.3 is 10.3 Å². The highest BCUT2D eigenvalue weighted by Crippen LogP contribution is 2.34. The van der Waals surface area contributed by atoms with Gasteiger partial charge in [-0.1, -0.05) is 18.2 Å². The first-order valence-corrected chi connectivity index (χ1v) is 11.5. The molecule has 0 unspecified atom stereocenters. The molecule has 172 valence electrons. The molecule has 0 spiro atoms. The van der Waals surface area contributed by atoms with Crippen molar-refractivity contribution in [3.8, 4) is 33.6 Å². The van der Waals surface area contributed by atoms with Crippen molar-refractivity contribution in [3.63, 3.8) is 0 Å². The van der Waals surface area contributed by atoms with Gasteiger partial charge in [-0.25, -0.2) is 9.37 Å². The van der Waals surface area contributed by atoms with Crippen LogP contribution < -0.4 is 5.32 Å². The van der Waals surface area contributed by atoms with Crippen molar-refractivity contribution < 1.29 is 4.39 Å². The minimum atomic E-state index is -0.256. The van der Waals surface area contributed by atoms with Crippen LogP contribution in [0.4, 0.5) is 10.1 Å². The number of hydrogen-bond donors (Lipinski definition) is 3. The van der Waals surface area contributed by atoms with E-state index in [0.717, 1.165) is 61.3 Å². The normalized spacial score (nSPS) is 11.5. The number of rotatable bonds is 5. The second-order valence-corrected chi connectivity index (χ2v) is 8.90. The molecule has 0 saturated heterocycles. The molecule has 0 atom stereocenters. The molecule has 6 rings (SSSR count). The number of nitrogens with one attached hydrogen (secondary N) is 3. The van der Waals surface area contributed by atoms with Gasteiger partial charge in [-0.05, 0) is 73.0 Å². The highest BCUT2D eigenvalue weighted by molar-refractivity contribution is 6.00. The molecule has 3 N–H and O–H groups in total. The Morgan fingerprint density at radius 1 is 0.857 bits per heavy atom. The van der Waals surface area contributed by atoms with E-state index in [1.807, 2.05) is 24.5 Å². The highest BCUT2D eigenvalue weighted by Gasteiger charge is 2.15. The molecule has 0 aliphatic rings. The average Bonchev–Trinajstić information content (AvgIpc) is 3.48. The predicted octanol–water partition coefficient (Wildman–Crippen LogP) is 6.79. The van der Waals surface area contributed by atoms with E-state index in [9.17, 15) is 4.39 Å². The fourth-order valence-electron chi connectivity index (χ4n) is 4.44. The standard InChI is InChI=1S/C28H23FN6/c1-16(2)32-21-11-19(14-30-15-21)18-5-8-25-24(12-18)27(35-34-25)26-13-23-22(9-10-31-28(23)33-26)17-3-6-20(29)7-4-17/h3-16,32H,1-2H3,(H,31,33)(H,34,35). The zero-order chi connectivity index (χ0) is 23.9. The Labute approximate surface area is 201 Å². The second kappa shape index (κ2) is 8.36. The van der Waals surface area contributed by atoms with Crippen molar-refractivity contribution >= 4 is 27.6 Å². The molecule has 0 aliphatic heterocycles. The number of H-pyrrole nitrogens is 2. The molecule has 0 saturated carbocycles. The lowest BCUT2D eigenvalue weighted by atomic mass is 10.0. The van der Waals surface area contributed by atoms with Crippen molar-refractivity contribution in [2.45, 2.75) is 19.9 Å². The molecule has 6 nitrogen and oxygen atoms in total. The summed E-state index contributed by atoms with van der Waals surface area (Å²) in [5.74, 6) is -0.256. The zero-order valence-corrected chi connectivity index (χ0v) is 19.3. The third-order valence-corrected chi connectivity index (χ3v) is 6.03. The first-order chi connectivity index (χ1) is 17.0. The zero-order valence-electron chi connectivity index (χ0n) is 19.3. The Morgan fingerprint density at radius 3 is 2.51 bits per heavy atom. The fraction of sp³-hybridized carbons (Fsp3) is 0.107. The molecular weight excluding hydrogens is 439 g/mol. The van der Waals surface area contributed by atoms with Crippen LogP contribution in [0.3, 0.4) is 0 Å². The van der Waals surface area contributed by atoms with Crippen LogP contribution in [-0.2, 0) is 0 Å². The summed E-state index contributed by atoms with van der Waals surface area (Å²) in [4.78, 5) is 12.3. The Morgan fingerprint density at radius 2 is 1.69 bits per heavy atom. The topological polar surface area (TPSA) is 82.3 Å². The Balaban J connectivity index is 1.44. The van der Waals surface area contributed by atoms with E-state index < -0.39 is 0 Å². The number of aromatic amines is 2. The number of anilines is 1. The Bertz CT molecular complexity index is 1660. The molecule has 0 amide bonds. The van der Waals surface area contributed by atoms with Crippen molar-refractivity contribution in [2.24, 2.45) is 0 Å². The summed E-state index contributed by atoms with van der Waals surface area (Å²) in [6.07, 6.45) is 5.46. The Hall–Kier alpha value is -4.52. The molecule has 4 heterocycles. The minimum absolute atomic E-state index is 0.256. The third kappa shape index (κ3) is 3.91. The van der Waals surface area contributed by atoms with Crippen LogP contribution in [0.1, 0.15) is 13.8 Å². The summed E-state index contributed by atoms with van der Waals surface area (Å²) in [6.45, 7) is 4.21.